The van der Waals surface area contributed by atoms with E-state index in [0.717, 1.165) is 6.07 Å². The molecule has 0 atom stereocenters. The lowest BCUT2D eigenvalue weighted by Crippen LogP contribution is -2.02. The van der Waals surface area contributed by atoms with Crippen LogP contribution in [0.15, 0.2) is 46.9 Å². The molecule has 0 fully saturated rings. The number of carbonyl (C=O) groups excluding carboxylic acids is 1. The van der Waals surface area contributed by atoms with E-state index in [2.05, 4.69) is 0 Å². The number of hydrogen-bond acceptors (Lipinski definition) is 2. The first-order chi connectivity index (χ1) is 9.54. The van der Waals surface area contributed by atoms with Gasteiger partial charge in [-0.15, -0.1) is 0 Å². The molecule has 0 aliphatic heterocycles. The molecule has 0 bridgehead atoms. The van der Waals surface area contributed by atoms with Gasteiger partial charge < -0.3 is 4.42 Å². The van der Waals surface area contributed by atoms with Gasteiger partial charge in [0.25, 0.3) is 0 Å². The van der Waals surface area contributed by atoms with Crippen molar-refractivity contribution < 1.29 is 13.6 Å². The number of benzene rings is 2. The number of fused-ring (bicyclic) bond motifs is 1. The zero-order chi connectivity index (χ0) is 14.3. The van der Waals surface area contributed by atoms with Crippen molar-refractivity contribution in [3.05, 3.63) is 69.7 Å². The van der Waals surface area contributed by atoms with E-state index >= 15 is 0 Å². The Balaban J connectivity index is 2.08. The fourth-order valence-electron chi connectivity index (χ4n) is 1.93. The Hall–Kier alpha value is -1.84. The molecule has 0 aliphatic rings. The molecule has 0 radical (unpaired) electrons. The lowest BCUT2D eigenvalue weighted by atomic mass is 10.1. The molecule has 2 aromatic carbocycles. The number of halogens is 3. The summed E-state index contributed by atoms with van der Waals surface area (Å²) in [5.74, 6) is -1.16. The Morgan fingerprint density at radius 2 is 1.70 bits per heavy atom. The molecule has 0 amide bonds. The van der Waals surface area contributed by atoms with Crippen molar-refractivity contribution >= 4 is 40.0 Å². The van der Waals surface area contributed by atoms with Crippen molar-refractivity contribution in [3.8, 4) is 0 Å². The molecule has 0 saturated heterocycles. The van der Waals surface area contributed by atoms with E-state index in [4.69, 9.17) is 27.6 Å². The van der Waals surface area contributed by atoms with E-state index in [1.54, 1.807) is 18.2 Å². The van der Waals surface area contributed by atoms with Crippen molar-refractivity contribution in [2.75, 3.05) is 0 Å². The molecule has 0 unspecified atom stereocenters. The van der Waals surface area contributed by atoms with Crippen LogP contribution in [0.2, 0.25) is 10.0 Å². The fourth-order valence-corrected chi connectivity index (χ4v) is 2.27. The second-order valence-electron chi connectivity index (χ2n) is 4.25. The largest absolute Gasteiger partial charge is 0.453 e. The van der Waals surface area contributed by atoms with Gasteiger partial charge in [0.15, 0.2) is 5.76 Å². The molecule has 5 heteroatoms. The molecule has 1 aromatic heterocycles. The molecule has 3 rings (SSSR count). The molecule has 2 nitrogen and oxygen atoms in total. The maximum absolute atomic E-state index is 13.7. The standard InChI is InChI=1S/C15H7Cl2FO2/c16-9-2-4-13-8(5-9)6-14(20-13)15(19)11-3-1-10(17)7-12(11)18/h1-7H. The molecular weight excluding hydrogens is 302 g/mol. The van der Waals surface area contributed by atoms with Crippen LogP contribution in [0.5, 0.6) is 0 Å². The first kappa shape index (κ1) is 13.2. The zero-order valence-electron chi connectivity index (χ0n) is 9.99. The summed E-state index contributed by atoms with van der Waals surface area (Å²) in [7, 11) is 0. The first-order valence-corrected chi connectivity index (χ1v) is 6.49. The van der Waals surface area contributed by atoms with Gasteiger partial charge in [0.1, 0.15) is 11.4 Å². The van der Waals surface area contributed by atoms with Crippen LogP contribution < -0.4 is 0 Å². The summed E-state index contributed by atoms with van der Waals surface area (Å²) in [5, 5.41) is 1.46. The van der Waals surface area contributed by atoms with E-state index in [9.17, 15) is 9.18 Å². The van der Waals surface area contributed by atoms with Gasteiger partial charge in [0.2, 0.25) is 5.78 Å². The van der Waals surface area contributed by atoms with Gasteiger partial charge in [-0.2, -0.15) is 0 Å². The van der Waals surface area contributed by atoms with Crippen LogP contribution in [0, 0.1) is 5.82 Å². The zero-order valence-corrected chi connectivity index (χ0v) is 11.5. The molecule has 0 N–H and O–H groups in total. The average molecular weight is 309 g/mol. The maximum atomic E-state index is 13.7. The second kappa shape index (κ2) is 4.93. The van der Waals surface area contributed by atoms with Gasteiger partial charge >= 0.3 is 0 Å². The molecule has 3 aromatic rings. The van der Waals surface area contributed by atoms with E-state index in [1.807, 2.05) is 0 Å². The van der Waals surface area contributed by atoms with Gasteiger partial charge in [-0.05, 0) is 42.5 Å². The molecule has 1 heterocycles. The van der Waals surface area contributed by atoms with Gasteiger partial charge in [-0.1, -0.05) is 23.2 Å². The van der Waals surface area contributed by atoms with Crippen LogP contribution in [0.1, 0.15) is 16.1 Å². The fraction of sp³-hybridized carbons (Fsp3) is 0. The van der Waals surface area contributed by atoms with Crippen LogP contribution >= 0.6 is 23.2 Å². The Morgan fingerprint density at radius 3 is 2.45 bits per heavy atom. The third kappa shape index (κ3) is 2.30. The number of carbonyl (C=O) groups is 1. The maximum Gasteiger partial charge on any atom is 0.231 e. The summed E-state index contributed by atoms with van der Waals surface area (Å²) < 4.78 is 19.2. The van der Waals surface area contributed by atoms with Crippen molar-refractivity contribution in [1.29, 1.82) is 0 Å². The van der Waals surface area contributed by atoms with Crippen molar-refractivity contribution in [1.82, 2.24) is 0 Å². The highest BCUT2D eigenvalue weighted by atomic mass is 35.5. The minimum absolute atomic E-state index is 0.0588. The highest BCUT2D eigenvalue weighted by molar-refractivity contribution is 6.31. The normalized spacial score (nSPS) is 10.9. The topological polar surface area (TPSA) is 30.2 Å². The summed E-state index contributed by atoms with van der Waals surface area (Å²) in [6, 6.07) is 10.4. The van der Waals surface area contributed by atoms with E-state index in [1.165, 1.54) is 18.2 Å². The quantitative estimate of drug-likeness (QED) is 0.616. The van der Waals surface area contributed by atoms with E-state index in [0.29, 0.717) is 16.0 Å². The highest BCUT2D eigenvalue weighted by Crippen LogP contribution is 2.25. The SMILES string of the molecule is O=C(c1cc2cc(Cl)ccc2o1)c1ccc(Cl)cc1F. The third-order valence-corrected chi connectivity index (χ3v) is 3.35. The van der Waals surface area contributed by atoms with Crippen molar-refractivity contribution in [2.45, 2.75) is 0 Å². The van der Waals surface area contributed by atoms with Crippen LogP contribution in [0.3, 0.4) is 0 Å². The van der Waals surface area contributed by atoms with Crippen molar-refractivity contribution in [3.63, 3.8) is 0 Å². The average Bonchev–Trinajstić information content (AvgIpc) is 2.81. The van der Waals surface area contributed by atoms with Gasteiger partial charge in [-0.25, -0.2) is 4.39 Å². The minimum Gasteiger partial charge on any atom is -0.453 e. The minimum atomic E-state index is -0.680. The van der Waals surface area contributed by atoms with Crippen LogP contribution in [-0.2, 0) is 0 Å². The molecular formula is C15H7Cl2FO2. The predicted octanol–water partition coefficient (Wildman–Crippen LogP) is 5.11. The van der Waals surface area contributed by atoms with Gasteiger partial charge in [-0.3, -0.25) is 4.79 Å². The number of ketones is 1. The molecule has 100 valence electrons. The van der Waals surface area contributed by atoms with Crippen molar-refractivity contribution in [2.24, 2.45) is 0 Å². The third-order valence-electron chi connectivity index (χ3n) is 2.88. The Kier molecular flexibility index (Phi) is 3.24. The Bertz CT molecular complexity index is 824. The molecule has 0 aliphatic carbocycles. The smallest absolute Gasteiger partial charge is 0.231 e. The lowest BCUT2D eigenvalue weighted by Gasteiger charge is -2.00. The number of rotatable bonds is 2. The van der Waals surface area contributed by atoms with Crippen LogP contribution in [0.25, 0.3) is 11.0 Å². The summed E-state index contributed by atoms with van der Waals surface area (Å²) >= 11 is 11.5. The first-order valence-electron chi connectivity index (χ1n) is 5.73. The number of hydrogen-bond donors (Lipinski definition) is 0. The molecule has 0 spiro atoms. The molecule has 20 heavy (non-hydrogen) atoms. The molecule has 0 saturated carbocycles. The van der Waals surface area contributed by atoms with Gasteiger partial charge in [0.05, 0.1) is 5.56 Å². The second-order valence-corrected chi connectivity index (χ2v) is 5.12. The summed E-state index contributed by atoms with van der Waals surface area (Å²) in [6.07, 6.45) is 0. The highest BCUT2D eigenvalue weighted by Gasteiger charge is 2.18. The van der Waals surface area contributed by atoms with E-state index < -0.39 is 11.6 Å². The van der Waals surface area contributed by atoms with Crippen LogP contribution in [-0.4, -0.2) is 5.78 Å². The lowest BCUT2D eigenvalue weighted by molar-refractivity contribution is 0.101. The monoisotopic (exact) mass is 308 g/mol. The summed E-state index contributed by atoms with van der Waals surface area (Å²) in [5.41, 5.74) is 0.437. The predicted molar refractivity (Wildman–Crippen MR) is 76.1 cm³/mol. The number of furan rings is 1. The summed E-state index contributed by atoms with van der Waals surface area (Å²) in [4.78, 5) is 12.2. The Morgan fingerprint density at radius 1 is 1.00 bits per heavy atom. The summed E-state index contributed by atoms with van der Waals surface area (Å²) in [6.45, 7) is 0. The van der Waals surface area contributed by atoms with E-state index in [-0.39, 0.29) is 16.3 Å². The van der Waals surface area contributed by atoms with Gasteiger partial charge in [0, 0.05) is 15.4 Å². The van der Waals surface area contributed by atoms with Crippen LogP contribution in [0.4, 0.5) is 4.39 Å². The Labute approximate surface area is 123 Å².